The standard InChI is InChI=1S/C5H4Cl2N2S/c6-5(7)10-4-1-2-8-3-9-4/h1-3,5H. The molecule has 0 amide bonds. The summed E-state index contributed by atoms with van der Waals surface area (Å²) in [6.07, 6.45) is 3.10. The van der Waals surface area contributed by atoms with E-state index in [4.69, 9.17) is 23.2 Å². The van der Waals surface area contributed by atoms with Crippen molar-refractivity contribution in [3.63, 3.8) is 0 Å². The molecule has 1 aromatic rings. The van der Waals surface area contributed by atoms with Gasteiger partial charge in [0.15, 0.2) is 4.17 Å². The molecule has 0 aliphatic carbocycles. The highest BCUT2D eigenvalue weighted by molar-refractivity contribution is 8.02. The molecule has 1 heterocycles. The van der Waals surface area contributed by atoms with Gasteiger partial charge in [0.25, 0.3) is 0 Å². The summed E-state index contributed by atoms with van der Waals surface area (Å²) in [6, 6.07) is 1.75. The highest BCUT2D eigenvalue weighted by atomic mass is 35.5. The van der Waals surface area contributed by atoms with Gasteiger partial charge in [-0.05, 0) is 6.07 Å². The molecule has 5 heteroatoms. The molecule has 2 nitrogen and oxygen atoms in total. The third-order valence-corrected chi connectivity index (χ3v) is 1.96. The van der Waals surface area contributed by atoms with Gasteiger partial charge < -0.3 is 0 Å². The Morgan fingerprint density at radius 1 is 1.50 bits per heavy atom. The van der Waals surface area contributed by atoms with Crippen molar-refractivity contribution in [2.45, 2.75) is 9.19 Å². The van der Waals surface area contributed by atoms with Crippen LogP contribution in [0.4, 0.5) is 0 Å². The predicted octanol–water partition coefficient (Wildman–Crippen LogP) is 2.33. The minimum atomic E-state index is -0.463. The minimum absolute atomic E-state index is 0.463. The van der Waals surface area contributed by atoms with Crippen molar-refractivity contribution in [1.82, 2.24) is 9.97 Å². The van der Waals surface area contributed by atoms with Crippen LogP contribution in [-0.4, -0.2) is 14.1 Å². The van der Waals surface area contributed by atoms with Gasteiger partial charge in [-0.2, -0.15) is 0 Å². The summed E-state index contributed by atoms with van der Waals surface area (Å²) in [7, 11) is 0. The van der Waals surface area contributed by atoms with Crippen LogP contribution >= 0.6 is 35.0 Å². The molecule has 0 unspecified atom stereocenters. The van der Waals surface area contributed by atoms with E-state index >= 15 is 0 Å². The Bertz CT molecular complexity index is 192. The van der Waals surface area contributed by atoms with Crippen molar-refractivity contribution >= 4 is 35.0 Å². The Morgan fingerprint density at radius 2 is 2.30 bits per heavy atom. The van der Waals surface area contributed by atoms with Crippen LogP contribution in [0.5, 0.6) is 0 Å². The second kappa shape index (κ2) is 4.01. The van der Waals surface area contributed by atoms with Crippen LogP contribution in [0.1, 0.15) is 0 Å². The first kappa shape index (κ1) is 8.11. The largest absolute Gasteiger partial charge is 0.245 e. The first-order chi connectivity index (χ1) is 4.79. The van der Waals surface area contributed by atoms with E-state index in [-0.39, 0.29) is 0 Å². The second-order valence-electron chi connectivity index (χ2n) is 1.43. The topological polar surface area (TPSA) is 25.8 Å². The van der Waals surface area contributed by atoms with Crippen LogP contribution in [0.15, 0.2) is 23.6 Å². The molecule has 0 radical (unpaired) electrons. The van der Waals surface area contributed by atoms with Gasteiger partial charge in [0, 0.05) is 6.20 Å². The van der Waals surface area contributed by atoms with Crippen LogP contribution in [0.3, 0.4) is 0 Å². The van der Waals surface area contributed by atoms with E-state index in [0.717, 1.165) is 5.03 Å². The van der Waals surface area contributed by atoms with Gasteiger partial charge in [0.2, 0.25) is 0 Å². The number of hydrogen-bond donors (Lipinski definition) is 0. The summed E-state index contributed by atoms with van der Waals surface area (Å²) in [5.74, 6) is 0. The number of nitrogens with zero attached hydrogens (tertiary/aromatic N) is 2. The van der Waals surface area contributed by atoms with E-state index < -0.39 is 4.17 Å². The fourth-order valence-corrected chi connectivity index (χ4v) is 1.42. The summed E-state index contributed by atoms with van der Waals surface area (Å²) in [4.78, 5) is 7.64. The zero-order valence-electron chi connectivity index (χ0n) is 4.87. The van der Waals surface area contributed by atoms with Gasteiger partial charge in [-0.15, -0.1) is 0 Å². The Kier molecular flexibility index (Phi) is 3.25. The Hall–Kier alpha value is 0.01000. The van der Waals surface area contributed by atoms with Gasteiger partial charge in [0.1, 0.15) is 11.4 Å². The van der Waals surface area contributed by atoms with Crippen LogP contribution in [0.25, 0.3) is 0 Å². The molecule has 0 aromatic carbocycles. The lowest BCUT2D eigenvalue weighted by Crippen LogP contribution is -1.82. The minimum Gasteiger partial charge on any atom is -0.245 e. The molecule has 1 rings (SSSR count). The average Bonchev–Trinajstić information content (AvgIpc) is 1.88. The van der Waals surface area contributed by atoms with Gasteiger partial charge in [0.05, 0.1) is 0 Å². The van der Waals surface area contributed by atoms with Gasteiger partial charge in [-0.25, -0.2) is 9.97 Å². The maximum atomic E-state index is 5.48. The van der Waals surface area contributed by atoms with Crippen LogP contribution in [-0.2, 0) is 0 Å². The van der Waals surface area contributed by atoms with Crippen LogP contribution < -0.4 is 0 Å². The summed E-state index contributed by atoms with van der Waals surface area (Å²) < 4.78 is -0.463. The molecular weight excluding hydrogens is 191 g/mol. The molecule has 54 valence electrons. The van der Waals surface area contributed by atoms with E-state index in [2.05, 4.69) is 9.97 Å². The van der Waals surface area contributed by atoms with E-state index in [0.29, 0.717) is 0 Å². The lowest BCUT2D eigenvalue weighted by Gasteiger charge is -1.97. The highest BCUT2D eigenvalue weighted by Crippen LogP contribution is 2.25. The molecule has 0 saturated heterocycles. The average molecular weight is 195 g/mol. The molecule has 0 fully saturated rings. The quantitative estimate of drug-likeness (QED) is 0.411. The molecule has 0 aliphatic heterocycles. The van der Waals surface area contributed by atoms with E-state index in [9.17, 15) is 0 Å². The van der Waals surface area contributed by atoms with E-state index in [1.165, 1.54) is 18.1 Å². The number of thioether (sulfide) groups is 1. The number of hydrogen-bond acceptors (Lipinski definition) is 3. The molecule has 10 heavy (non-hydrogen) atoms. The molecule has 0 spiro atoms. The fourth-order valence-electron chi connectivity index (χ4n) is 0.440. The summed E-state index contributed by atoms with van der Waals surface area (Å²) in [5.41, 5.74) is 0. The van der Waals surface area contributed by atoms with Crippen LogP contribution in [0, 0.1) is 0 Å². The molecule has 0 atom stereocenters. The van der Waals surface area contributed by atoms with E-state index in [1.54, 1.807) is 12.3 Å². The maximum absolute atomic E-state index is 5.48. The molecule has 0 bridgehead atoms. The monoisotopic (exact) mass is 194 g/mol. The predicted molar refractivity (Wildman–Crippen MR) is 43.4 cm³/mol. The van der Waals surface area contributed by atoms with Crippen molar-refractivity contribution in [3.05, 3.63) is 18.6 Å². The first-order valence-corrected chi connectivity index (χ1v) is 4.25. The van der Waals surface area contributed by atoms with Crippen molar-refractivity contribution in [3.8, 4) is 0 Å². The maximum Gasteiger partial charge on any atom is 0.158 e. The Morgan fingerprint density at radius 3 is 2.80 bits per heavy atom. The zero-order chi connectivity index (χ0) is 7.40. The SMILES string of the molecule is ClC(Cl)Sc1ccncn1. The molecular formula is C5H4Cl2N2S. The summed E-state index contributed by atoms with van der Waals surface area (Å²) in [5, 5.41) is 0.782. The second-order valence-corrected chi connectivity index (χ2v) is 4.17. The molecule has 0 saturated carbocycles. The number of aromatic nitrogens is 2. The van der Waals surface area contributed by atoms with Gasteiger partial charge >= 0.3 is 0 Å². The Balaban J connectivity index is 2.59. The third kappa shape index (κ3) is 2.73. The number of alkyl halides is 2. The van der Waals surface area contributed by atoms with E-state index in [1.807, 2.05) is 0 Å². The van der Waals surface area contributed by atoms with Gasteiger partial charge in [-0.3, -0.25) is 0 Å². The number of halogens is 2. The third-order valence-electron chi connectivity index (χ3n) is 0.765. The normalized spacial score (nSPS) is 10.3. The van der Waals surface area contributed by atoms with Crippen LogP contribution in [0.2, 0.25) is 0 Å². The van der Waals surface area contributed by atoms with Crippen molar-refractivity contribution in [2.75, 3.05) is 0 Å². The zero-order valence-corrected chi connectivity index (χ0v) is 7.20. The van der Waals surface area contributed by atoms with Gasteiger partial charge in [-0.1, -0.05) is 35.0 Å². The fraction of sp³-hybridized carbons (Fsp3) is 0.200. The molecule has 0 N–H and O–H groups in total. The summed E-state index contributed by atoms with van der Waals surface area (Å²) in [6.45, 7) is 0. The van der Waals surface area contributed by atoms with Crippen molar-refractivity contribution in [1.29, 1.82) is 0 Å². The first-order valence-electron chi connectivity index (χ1n) is 2.50. The van der Waals surface area contributed by atoms with Crippen molar-refractivity contribution in [2.24, 2.45) is 0 Å². The summed E-state index contributed by atoms with van der Waals surface area (Å²) >= 11 is 12.2. The lowest BCUT2D eigenvalue weighted by atomic mass is 10.7. The smallest absolute Gasteiger partial charge is 0.158 e. The molecule has 0 aliphatic rings. The molecule has 1 aromatic heterocycles. The highest BCUT2D eigenvalue weighted by Gasteiger charge is 2.00. The Labute approximate surface area is 73.0 Å². The van der Waals surface area contributed by atoms with Crippen molar-refractivity contribution < 1.29 is 0 Å². The lowest BCUT2D eigenvalue weighted by molar-refractivity contribution is 1.05. The number of rotatable bonds is 2.